The summed E-state index contributed by atoms with van der Waals surface area (Å²) in [7, 11) is 1.73. The number of aromatic nitrogens is 2. The number of aryl methyl sites for hydroxylation is 1. The lowest BCUT2D eigenvalue weighted by Gasteiger charge is -2.24. The van der Waals surface area contributed by atoms with Crippen LogP contribution in [-0.2, 0) is 7.05 Å². The Kier molecular flexibility index (Phi) is 7.63. The van der Waals surface area contributed by atoms with Crippen LogP contribution in [0.3, 0.4) is 0 Å². The number of alkyl halides is 1. The molecule has 6 nitrogen and oxygen atoms in total. The van der Waals surface area contributed by atoms with E-state index in [0.717, 1.165) is 48.9 Å². The van der Waals surface area contributed by atoms with Gasteiger partial charge in [-0.25, -0.2) is 4.39 Å². The van der Waals surface area contributed by atoms with Crippen molar-refractivity contribution in [1.82, 2.24) is 9.78 Å². The van der Waals surface area contributed by atoms with E-state index >= 15 is 0 Å². The van der Waals surface area contributed by atoms with Crippen molar-refractivity contribution in [2.75, 3.05) is 27.9 Å². The lowest BCUT2D eigenvalue weighted by Crippen LogP contribution is -2.29. The van der Waals surface area contributed by atoms with E-state index in [1.54, 1.807) is 7.05 Å². The molecule has 1 heterocycles. The number of fused-ring (bicyclic) bond motifs is 1. The fourth-order valence-electron chi connectivity index (χ4n) is 5.38. The second kappa shape index (κ2) is 10.1. The molecule has 2 fully saturated rings. The lowest BCUT2D eigenvalue weighted by atomic mass is 9.92. The van der Waals surface area contributed by atoms with Crippen LogP contribution in [0.2, 0.25) is 5.02 Å². The number of aliphatic hydroxyl groups is 1. The third kappa shape index (κ3) is 5.36. The maximum absolute atomic E-state index is 13.5. The maximum Gasteiger partial charge on any atom is 0.261 e. The molecular formula is C23H29BrClFN4O2S. The number of thioether (sulfide) groups is 1. The first-order valence-electron chi connectivity index (χ1n) is 11.2. The summed E-state index contributed by atoms with van der Waals surface area (Å²) in [6, 6.07) is 4.04. The molecule has 2 aliphatic rings. The van der Waals surface area contributed by atoms with Crippen molar-refractivity contribution in [2.24, 2.45) is 18.9 Å². The Labute approximate surface area is 210 Å². The summed E-state index contributed by atoms with van der Waals surface area (Å²) in [6.07, 6.45) is 4.48. The summed E-state index contributed by atoms with van der Waals surface area (Å²) in [4.78, 5) is 13.1. The van der Waals surface area contributed by atoms with Gasteiger partial charge < -0.3 is 16.2 Å². The predicted octanol–water partition coefficient (Wildman–Crippen LogP) is 5.20. The highest BCUT2D eigenvalue weighted by molar-refractivity contribution is 9.09. The van der Waals surface area contributed by atoms with E-state index in [1.165, 1.54) is 22.9 Å². The number of benzene rings is 1. The number of hydrogen-bond acceptors (Lipinski definition) is 5. The number of carbonyl (C=O) groups is 1. The van der Waals surface area contributed by atoms with Gasteiger partial charge in [-0.3, -0.25) is 9.48 Å². The van der Waals surface area contributed by atoms with Crippen LogP contribution in [0.1, 0.15) is 54.1 Å². The molecule has 10 heteroatoms. The minimum atomic E-state index is -0.595. The Morgan fingerprint density at radius 3 is 2.76 bits per heavy atom. The number of nitrogens with one attached hydrogen (secondary N) is 1. The van der Waals surface area contributed by atoms with Gasteiger partial charge in [0.1, 0.15) is 17.2 Å². The fourth-order valence-corrected chi connectivity index (χ4v) is 7.32. The average Bonchev–Trinajstić information content (AvgIpc) is 3.37. The number of nitrogens with two attached hydrogens (primary N) is 1. The van der Waals surface area contributed by atoms with Gasteiger partial charge in [0.25, 0.3) is 5.91 Å². The number of nitrogen functional groups attached to an aromatic ring is 1. The van der Waals surface area contributed by atoms with Crippen LogP contribution in [0.15, 0.2) is 18.2 Å². The molecule has 180 valence electrons. The molecule has 2 saturated carbocycles. The van der Waals surface area contributed by atoms with Gasteiger partial charge in [0.05, 0.1) is 16.3 Å². The van der Waals surface area contributed by atoms with Crippen LogP contribution < -0.4 is 11.1 Å². The van der Waals surface area contributed by atoms with E-state index in [0.29, 0.717) is 34.6 Å². The Hall–Kier alpha value is -1.29. The number of rotatable bonds is 8. The van der Waals surface area contributed by atoms with Crippen molar-refractivity contribution < 1.29 is 14.3 Å². The first kappa shape index (κ1) is 24.8. The summed E-state index contributed by atoms with van der Waals surface area (Å²) in [5.41, 5.74) is 7.09. The Bertz CT molecular complexity index is 1020. The lowest BCUT2D eigenvalue weighted by molar-refractivity contribution is 0.0629. The van der Waals surface area contributed by atoms with Gasteiger partial charge in [-0.05, 0) is 67.9 Å². The normalized spacial score (nSPS) is 26.5. The molecule has 2 aromatic rings. The van der Waals surface area contributed by atoms with Gasteiger partial charge in [0.15, 0.2) is 0 Å². The molecule has 2 unspecified atom stereocenters. The zero-order valence-corrected chi connectivity index (χ0v) is 21.6. The Morgan fingerprint density at radius 2 is 2.12 bits per heavy atom. The number of amides is 1. The number of nitrogens with zero attached hydrogens (tertiary/aromatic N) is 2. The van der Waals surface area contributed by atoms with E-state index in [1.807, 2.05) is 11.8 Å². The second-order valence-electron chi connectivity index (χ2n) is 9.27. The highest BCUT2D eigenvalue weighted by atomic mass is 79.9. The number of hydrogen-bond donors (Lipinski definition) is 3. The van der Waals surface area contributed by atoms with Gasteiger partial charge in [-0.15, -0.1) is 0 Å². The Morgan fingerprint density at radius 1 is 1.42 bits per heavy atom. The van der Waals surface area contributed by atoms with Crippen molar-refractivity contribution >= 4 is 56.7 Å². The van der Waals surface area contributed by atoms with Crippen LogP contribution in [0.4, 0.5) is 15.9 Å². The monoisotopic (exact) mass is 558 g/mol. The van der Waals surface area contributed by atoms with Crippen LogP contribution in [0, 0.1) is 17.7 Å². The van der Waals surface area contributed by atoms with Gasteiger partial charge in [0.2, 0.25) is 0 Å². The van der Waals surface area contributed by atoms with Crippen molar-refractivity contribution in [3.05, 3.63) is 40.3 Å². The summed E-state index contributed by atoms with van der Waals surface area (Å²) in [5, 5.41) is 19.4. The van der Waals surface area contributed by atoms with Crippen molar-refractivity contribution in [1.29, 1.82) is 0 Å². The van der Waals surface area contributed by atoms with E-state index in [2.05, 4.69) is 26.3 Å². The van der Waals surface area contributed by atoms with E-state index in [4.69, 9.17) is 17.3 Å². The molecule has 1 amide bonds. The molecule has 0 saturated heterocycles. The quantitative estimate of drug-likeness (QED) is 0.305. The summed E-state index contributed by atoms with van der Waals surface area (Å²) < 4.78 is 15.0. The van der Waals surface area contributed by atoms with Gasteiger partial charge in [-0.2, -0.15) is 16.9 Å². The summed E-state index contributed by atoms with van der Waals surface area (Å²) in [5.74, 6) is 2.17. The van der Waals surface area contributed by atoms with Crippen LogP contribution in [0.5, 0.6) is 0 Å². The largest absolute Gasteiger partial charge is 0.389 e. The van der Waals surface area contributed by atoms with E-state index in [-0.39, 0.29) is 16.8 Å². The van der Waals surface area contributed by atoms with E-state index < -0.39 is 11.4 Å². The molecular weight excluding hydrogens is 531 g/mol. The predicted molar refractivity (Wildman–Crippen MR) is 136 cm³/mol. The van der Waals surface area contributed by atoms with Crippen molar-refractivity contribution in [3.8, 4) is 0 Å². The minimum absolute atomic E-state index is 0.0614. The summed E-state index contributed by atoms with van der Waals surface area (Å²) >= 11 is 11.1. The number of halogens is 3. The van der Waals surface area contributed by atoms with Crippen molar-refractivity contribution in [2.45, 2.75) is 43.6 Å². The fraction of sp³-hybridized carbons (Fsp3) is 0.565. The highest BCUT2D eigenvalue weighted by Gasteiger charge is 2.49. The smallest absolute Gasteiger partial charge is 0.261 e. The van der Waals surface area contributed by atoms with Crippen LogP contribution >= 0.6 is 39.3 Å². The topological polar surface area (TPSA) is 93.2 Å². The third-order valence-corrected chi connectivity index (χ3v) is 9.00. The maximum atomic E-state index is 13.5. The second-order valence-corrected chi connectivity index (χ2v) is 11.6. The van der Waals surface area contributed by atoms with Crippen LogP contribution in [-0.4, -0.2) is 43.2 Å². The first-order chi connectivity index (χ1) is 15.7. The molecule has 2 aliphatic carbocycles. The summed E-state index contributed by atoms with van der Waals surface area (Å²) in [6.45, 7) is 0. The zero-order chi connectivity index (χ0) is 23.8. The molecule has 0 spiro atoms. The molecule has 0 bridgehead atoms. The molecule has 1 aromatic carbocycles. The molecule has 33 heavy (non-hydrogen) atoms. The van der Waals surface area contributed by atoms with Gasteiger partial charge >= 0.3 is 0 Å². The molecule has 2 atom stereocenters. The number of anilines is 2. The standard InChI is InChI=1S/C23H29BrClFN4O2S/c1-30-21(27)19(22(31)28-16-3-4-18(26)17(25)9-16)20(29-30)13-7-14-10-23(32,11-15(14)8-13)12-33-6-2-5-24/h3-4,9,13-15,32H,2,5-8,10-12,27H2,1H3,(H,28,31). The molecule has 4 N–H and O–H groups in total. The van der Waals surface area contributed by atoms with Crippen molar-refractivity contribution in [3.63, 3.8) is 0 Å². The SMILES string of the molecule is Cn1nc(C2CC3CC(O)(CSCCCBr)CC3C2)c(C(=O)Nc2ccc(F)c(Cl)c2)c1N. The van der Waals surface area contributed by atoms with Crippen LogP contribution in [0.25, 0.3) is 0 Å². The van der Waals surface area contributed by atoms with E-state index in [9.17, 15) is 14.3 Å². The molecule has 0 radical (unpaired) electrons. The number of carbonyl (C=O) groups excluding carboxylic acids is 1. The average molecular weight is 560 g/mol. The minimum Gasteiger partial charge on any atom is -0.389 e. The third-order valence-electron chi connectivity index (χ3n) is 6.83. The highest BCUT2D eigenvalue weighted by Crippen LogP contribution is 2.54. The first-order valence-corrected chi connectivity index (χ1v) is 13.8. The Balaban J connectivity index is 1.45. The van der Waals surface area contributed by atoms with Gasteiger partial charge in [-0.1, -0.05) is 27.5 Å². The molecule has 4 rings (SSSR count). The van der Waals surface area contributed by atoms with Gasteiger partial charge in [0, 0.05) is 29.7 Å². The molecule has 1 aromatic heterocycles. The zero-order valence-electron chi connectivity index (χ0n) is 18.5. The molecule has 0 aliphatic heterocycles.